The molecule has 2 aromatic rings. The molecule has 0 aromatic carbocycles. The highest BCUT2D eigenvalue weighted by Crippen LogP contribution is 2.25. The van der Waals surface area contributed by atoms with Crippen molar-refractivity contribution in [3.05, 3.63) is 49.3 Å². The van der Waals surface area contributed by atoms with Crippen molar-refractivity contribution in [3.8, 4) is 0 Å². The van der Waals surface area contributed by atoms with Gasteiger partial charge in [-0.05, 0) is 52.0 Å². The van der Waals surface area contributed by atoms with Crippen LogP contribution in [0.5, 0.6) is 0 Å². The minimum Gasteiger partial charge on any atom is -0.330 e. The summed E-state index contributed by atoms with van der Waals surface area (Å²) in [7, 11) is -3.04. The highest BCUT2D eigenvalue weighted by atomic mass is 79.9. The summed E-state index contributed by atoms with van der Waals surface area (Å²) in [6.45, 7) is 0.454. The van der Waals surface area contributed by atoms with Crippen molar-refractivity contribution in [2.45, 2.75) is 19.0 Å². The van der Waals surface area contributed by atoms with E-state index in [9.17, 15) is 13.2 Å². The Balaban J connectivity index is 1.78. The van der Waals surface area contributed by atoms with Gasteiger partial charge < -0.3 is 4.90 Å². The molecule has 1 atom stereocenters. The molecule has 0 bridgehead atoms. The van der Waals surface area contributed by atoms with Crippen molar-refractivity contribution in [1.82, 2.24) is 4.90 Å². The average molecular weight is 446 g/mol. The Hall–Kier alpha value is -0.960. The van der Waals surface area contributed by atoms with Crippen LogP contribution in [0.3, 0.4) is 0 Å². The van der Waals surface area contributed by atoms with E-state index in [0.717, 1.165) is 13.5 Å². The molecular weight excluding hydrogens is 430 g/mol. The van der Waals surface area contributed by atoms with Crippen molar-refractivity contribution >= 4 is 60.4 Å². The molecule has 0 aliphatic carbocycles. The molecule has 0 spiro atoms. The van der Waals surface area contributed by atoms with E-state index in [1.54, 1.807) is 33.6 Å². The Labute approximate surface area is 157 Å². The quantitative estimate of drug-likeness (QED) is 0.657. The number of amides is 1. The summed E-state index contributed by atoms with van der Waals surface area (Å²) in [5.41, 5.74) is 0. The Morgan fingerprint density at radius 3 is 2.79 bits per heavy atom. The summed E-state index contributed by atoms with van der Waals surface area (Å²) in [5.74, 6) is 0.0747. The number of carbonyl (C=O) groups excluding carboxylic acids is 1. The van der Waals surface area contributed by atoms with Gasteiger partial charge in [0.25, 0.3) is 0 Å². The second-order valence-corrected chi connectivity index (χ2v) is 11.3. The molecular formula is C16H16BrNO3S3. The molecule has 0 radical (unpaired) electrons. The summed E-state index contributed by atoms with van der Waals surface area (Å²) < 4.78 is 24.6. The Kier molecular flexibility index (Phi) is 5.59. The van der Waals surface area contributed by atoms with Gasteiger partial charge in [0.1, 0.15) is 0 Å². The first-order valence-corrected chi connectivity index (χ1v) is 11.7. The third-order valence-corrected chi connectivity index (χ3v) is 8.02. The molecule has 1 saturated heterocycles. The van der Waals surface area contributed by atoms with E-state index in [-0.39, 0.29) is 23.5 Å². The van der Waals surface area contributed by atoms with Gasteiger partial charge in [-0.15, -0.1) is 22.7 Å². The molecule has 0 saturated carbocycles. The lowest BCUT2D eigenvalue weighted by molar-refractivity contribution is -0.128. The minimum absolute atomic E-state index is 0.0580. The summed E-state index contributed by atoms with van der Waals surface area (Å²) in [4.78, 5) is 16.4. The number of thiophene rings is 2. The highest BCUT2D eigenvalue weighted by Gasteiger charge is 2.34. The maximum atomic E-state index is 12.7. The van der Waals surface area contributed by atoms with Crippen LogP contribution in [-0.2, 0) is 21.2 Å². The lowest BCUT2D eigenvalue weighted by Crippen LogP contribution is -2.39. The summed E-state index contributed by atoms with van der Waals surface area (Å²) in [6, 6.07) is 7.52. The van der Waals surface area contributed by atoms with Gasteiger partial charge in [-0.25, -0.2) is 8.42 Å². The summed E-state index contributed by atoms with van der Waals surface area (Å²) >= 11 is 6.52. The molecule has 0 N–H and O–H groups in total. The van der Waals surface area contributed by atoms with Crippen LogP contribution in [-0.4, -0.2) is 36.8 Å². The van der Waals surface area contributed by atoms with Gasteiger partial charge >= 0.3 is 0 Å². The standard InChI is InChI=1S/C16H16BrNO3S3/c17-15-5-3-13(23-15)4-6-16(19)18(10-14-2-1-8-22-14)12-7-9-24(20,21)11-12/h1-6,8,12H,7,9-11H2/b6-4+/t12-/m0/s1. The Morgan fingerprint density at radius 2 is 2.21 bits per heavy atom. The molecule has 3 heterocycles. The van der Waals surface area contributed by atoms with Crippen LogP contribution in [0.1, 0.15) is 16.2 Å². The van der Waals surface area contributed by atoms with Crippen LogP contribution in [0.4, 0.5) is 0 Å². The van der Waals surface area contributed by atoms with Crippen LogP contribution in [0, 0.1) is 0 Å². The molecule has 24 heavy (non-hydrogen) atoms. The molecule has 0 unspecified atom stereocenters. The zero-order valence-electron chi connectivity index (χ0n) is 12.7. The lowest BCUT2D eigenvalue weighted by atomic mass is 10.2. The molecule has 8 heteroatoms. The first-order chi connectivity index (χ1) is 11.4. The second-order valence-electron chi connectivity index (χ2n) is 5.58. The largest absolute Gasteiger partial charge is 0.330 e. The van der Waals surface area contributed by atoms with Crippen molar-refractivity contribution in [3.63, 3.8) is 0 Å². The zero-order chi connectivity index (χ0) is 17.2. The van der Waals surface area contributed by atoms with Gasteiger partial charge in [0.2, 0.25) is 5.91 Å². The maximum absolute atomic E-state index is 12.7. The topological polar surface area (TPSA) is 54.5 Å². The smallest absolute Gasteiger partial charge is 0.247 e. The van der Waals surface area contributed by atoms with E-state index < -0.39 is 9.84 Å². The average Bonchev–Trinajstić information content (AvgIpc) is 3.24. The van der Waals surface area contributed by atoms with Gasteiger partial charge in [-0.1, -0.05) is 6.07 Å². The normalized spacial score (nSPS) is 19.8. The van der Waals surface area contributed by atoms with Crippen LogP contribution in [0.25, 0.3) is 6.08 Å². The fraction of sp³-hybridized carbons (Fsp3) is 0.312. The molecule has 1 amide bonds. The van der Waals surface area contributed by atoms with E-state index in [1.807, 2.05) is 29.6 Å². The van der Waals surface area contributed by atoms with Crippen molar-refractivity contribution in [2.75, 3.05) is 11.5 Å². The van der Waals surface area contributed by atoms with Crippen molar-refractivity contribution in [1.29, 1.82) is 0 Å². The predicted octanol–water partition coefficient (Wildman–Crippen LogP) is 3.80. The van der Waals surface area contributed by atoms with Crippen LogP contribution in [0.15, 0.2) is 39.5 Å². The molecule has 2 aromatic heterocycles. The molecule has 1 aliphatic heterocycles. The lowest BCUT2D eigenvalue weighted by Gasteiger charge is -2.26. The van der Waals surface area contributed by atoms with Gasteiger partial charge in [-0.2, -0.15) is 0 Å². The Morgan fingerprint density at radius 1 is 1.38 bits per heavy atom. The molecule has 1 aliphatic rings. The Bertz CT molecular complexity index is 840. The number of hydrogen-bond acceptors (Lipinski definition) is 5. The number of halogens is 1. The highest BCUT2D eigenvalue weighted by molar-refractivity contribution is 9.11. The maximum Gasteiger partial charge on any atom is 0.247 e. The summed E-state index contributed by atoms with van der Waals surface area (Å²) in [6.07, 6.45) is 3.83. The fourth-order valence-electron chi connectivity index (χ4n) is 2.65. The molecule has 3 rings (SSSR count). The van der Waals surface area contributed by atoms with Gasteiger partial charge in [0.05, 0.1) is 21.8 Å². The van der Waals surface area contributed by atoms with E-state index in [0.29, 0.717) is 13.0 Å². The third-order valence-electron chi connectivity index (χ3n) is 3.82. The SMILES string of the molecule is O=C(/C=C/c1ccc(Br)s1)N(Cc1cccs1)[C@H]1CCS(=O)(=O)C1. The first-order valence-electron chi connectivity index (χ1n) is 7.40. The van der Waals surface area contributed by atoms with Crippen LogP contribution in [0.2, 0.25) is 0 Å². The first kappa shape index (κ1) is 17.8. The number of nitrogens with zero attached hydrogens (tertiary/aromatic N) is 1. The molecule has 1 fully saturated rings. The monoisotopic (exact) mass is 445 g/mol. The van der Waals surface area contributed by atoms with E-state index in [2.05, 4.69) is 15.9 Å². The van der Waals surface area contributed by atoms with Gasteiger partial charge in [0.15, 0.2) is 9.84 Å². The number of hydrogen-bond donors (Lipinski definition) is 0. The second kappa shape index (κ2) is 7.51. The van der Waals surface area contributed by atoms with Crippen molar-refractivity contribution in [2.24, 2.45) is 0 Å². The molecule has 4 nitrogen and oxygen atoms in total. The minimum atomic E-state index is -3.04. The van der Waals surface area contributed by atoms with E-state index in [4.69, 9.17) is 0 Å². The fourth-order valence-corrected chi connectivity index (χ4v) is 6.41. The zero-order valence-corrected chi connectivity index (χ0v) is 16.8. The third kappa shape index (κ3) is 4.56. The van der Waals surface area contributed by atoms with Crippen LogP contribution < -0.4 is 0 Å². The van der Waals surface area contributed by atoms with Crippen LogP contribution >= 0.6 is 38.6 Å². The summed E-state index contributed by atoms with van der Waals surface area (Å²) in [5, 5.41) is 1.96. The van der Waals surface area contributed by atoms with E-state index >= 15 is 0 Å². The number of rotatable bonds is 5. The number of sulfone groups is 1. The van der Waals surface area contributed by atoms with Gasteiger partial charge in [-0.3, -0.25) is 4.79 Å². The van der Waals surface area contributed by atoms with Gasteiger partial charge in [0, 0.05) is 21.9 Å². The predicted molar refractivity (Wildman–Crippen MR) is 103 cm³/mol. The van der Waals surface area contributed by atoms with Crippen molar-refractivity contribution < 1.29 is 13.2 Å². The number of carbonyl (C=O) groups is 1. The van der Waals surface area contributed by atoms with E-state index in [1.165, 1.54) is 6.08 Å². The molecule has 128 valence electrons.